The van der Waals surface area contributed by atoms with Gasteiger partial charge in [-0.2, -0.15) is 0 Å². The molecule has 2 amide bonds. The number of aryl methyl sites for hydroxylation is 1. The second kappa shape index (κ2) is 13.8. The lowest BCUT2D eigenvalue weighted by Crippen LogP contribution is -2.39. The highest BCUT2D eigenvalue weighted by Gasteiger charge is 2.29. The Kier molecular flexibility index (Phi) is 10.2. The Hall–Kier alpha value is -3.99. The molecule has 0 saturated carbocycles. The molecule has 0 spiro atoms. The highest BCUT2D eigenvalue weighted by atomic mass is 79.9. The number of carboxylic acids is 1. The van der Waals surface area contributed by atoms with E-state index in [1.54, 1.807) is 11.9 Å². The van der Waals surface area contributed by atoms with Gasteiger partial charge in [-0.05, 0) is 81.2 Å². The summed E-state index contributed by atoms with van der Waals surface area (Å²) in [7, 11) is 7.71. The summed E-state index contributed by atoms with van der Waals surface area (Å²) in [6.07, 6.45) is 0.389. The Morgan fingerprint density at radius 3 is 2.38 bits per heavy atom. The normalized spacial score (nSPS) is 13.6. The first-order valence-electron chi connectivity index (χ1n) is 13.7. The number of fused-ring (bicyclic) bond motifs is 1. The molecular weight excluding hydrogens is 598 g/mol. The molecule has 1 aliphatic heterocycles. The van der Waals surface area contributed by atoms with Gasteiger partial charge in [0.25, 0.3) is 5.91 Å². The number of carboxylic acid groups (broad SMARTS) is 1. The standard InChI is InChI=1S/C32H36BrN5O4/c1-36(2)16-17-37(3)20-28(39)38(4)25-12-10-24(11-13-25)34-31(22-7-5-6-21(18-22)8-15-29(40)41)30-26-14-9-23(33)19-27(26)35-32(30)42/h5-7,9-14,18-19,34H,8,15-17,20H2,1-4H3,(H,35,42)(H,40,41). The zero-order valence-corrected chi connectivity index (χ0v) is 25.9. The van der Waals surface area contributed by atoms with Gasteiger partial charge in [0.15, 0.2) is 0 Å². The molecule has 220 valence electrons. The van der Waals surface area contributed by atoms with Crippen LogP contribution in [-0.2, 0) is 20.8 Å². The average molecular weight is 635 g/mol. The Labute approximate surface area is 254 Å². The molecule has 4 rings (SSSR count). The number of hydrogen-bond donors (Lipinski definition) is 3. The van der Waals surface area contributed by atoms with Crippen molar-refractivity contribution in [2.45, 2.75) is 12.8 Å². The minimum Gasteiger partial charge on any atom is -0.481 e. The largest absolute Gasteiger partial charge is 0.481 e. The third kappa shape index (κ3) is 7.84. The maximum absolute atomic E-state index is 13.3. The molecular formula is C32H36BrN5O4. The number of halogens is 1. The quantitative estimate of drug-likeness (QED) is 0.245. The molecule has 3 N–H and O–H groups in total. The summed E-state index contributed by atoms with van der Waals surface area (Å²) >= 11 is 3.47. The summed E-state index contributed by atoms with van der Waals surface area (Å²) in [6, 6.07) is 20.7. The van der Waals surface area contributed by atoms with E-state index in [1.807, 2.05) is 92.8 Å². The predicted molar refractivity (Wildman–Crippen MR) is 172 cm³/mol. The second-order valence-corrected chi connectivity index (χ2v) is 11.6. The lowest BCUT2D eigenvalue weighted by Gasteiger charge is -2.23. The molecule has 0 bridgehead atoms. The highest BCUT2D eigenvalue weighted by Crippen LogP contribution is 2.39. The van der Waals surface area contributed by atoms with E-state index in [0.717, 1.165) is 45.6 Å². The van der Waals surface area contributed by atoms with Crippen LogP contribution in [0.2, 0.25) is 0 Å². The minimum atomic E-state index is -0.865. The number of nitrogens with zero attached hydrogens (tertiary/aromatic N) is 3. The van der Waals surface area contributed by atoms with Gasteiger partial charge in [0, 0.05) is 48.0 Å². The number of rotatable bonds is 12. The van der Waals surface area contributed by atoms with Crippen molar-refractivity contribution in [3.63, 3.8) is 0 Å². The SMILES string of the molecule is CN(C)CCN(C)CC(=O)N(C)c1ccc(NC(=C2C(=O)Nc3cc(Br)ccc32)c2cccc(CCC(=O)O)c2)cc1. The Balaban J connectivity index is 1.63. The van der Waals surface area contributed by atoms with Gasteiger partial charge in [0.05, 0.1) is 23.5 Å². The van der Waals surface area contributed by atoms with Crippen molar-refractivity contribution >= 4 is 62.0 Å². The van der Waals surface area contributed by atoms with E-state index in [0.29, 0.717) is 29.9 Å². The molecule has 10 heteroatoms. The summed E-state index contributed by atoms with van der Waals surface area (Å²) in [4.78, 5) is 43.1. The van der Waals surface area contributed by atoms with Crippen LogP contribution in [0.25, 0.3) is 11.3 Å². The van der Waals surface area contributed by atoms with Crippen LogP contribution < -0.4 is 15.5 Å². The second-order valence-electron chi connectivity index (χ2n) is 10.7. The van der Waals surface area contributed by atoms with Crippen LogP contribution in [0.4, 0.5) is 17.1 Å². The van der Waals surface area contributed by atoms with E-state index in [-0.39, 0.29) is 18.2 Å². The lowest BCUT2D eigenvalue weighted by atomic mass is 9.97. The fourth-order valence-corrected chi connectivity index (χ4v) is 5.01. The van der Waals surface area contributed by atoms with Crippen molar-refractivity contribution in [1.29, 1.82) is 0 Å². The number of aliphatic carboxylic acids is 1. The van der Waals surface area contributed by atoms with Gasteiger partial charge in [-0.25, -0.2) is 0 Å². The van der Waals surface area contributed by atoms with Crippen molar-refractivity contribution in [3.8, 4) is 0 Å². The van der Waals surface area contributed by atoms with Gasteiger partial charge in [-0.3, -0.25) is 19.3 Å². The van der Waals surface area contributed by atoms with Gasteiger partial charge in [-0.15, -0.1) is 0 Å². The monoisotopic (exact) mass is 633 g/mol. The molecule has 0 aliphatic carbocycles. The van der Waals surface area contributed by atoms with Crippen molar-refractivity contribution < 1.29 is 19.5 Å². The van der Waals surface area contributed by atoms with Gasteiger partial charge in [0.2, 0.25) is 5.91 Å². The molecule has 0 aromatic heterocycles. The van der Waals surface area contributed by atoms with Crippen molar-refractivity contribution in [2.24, 2.45) is 0 Å². The van der Waals surface area contributed by atoms with E-state index in [1.165, 1.54) is 0 Å². The minimum absolute atomic E-state index is 0.0108. The van der Waals surface area contributed by atoms with Gasteiger partial charge >= 0.3 is 5.97 Å². The Bertz CT molecular complexity index is 1500. The molecule has 0 fully saturated rings. The van der Waals surface area contributed by atoms with Crippen LogP contribution in [0.1, 0.15) is 23.1 Å². The third-order valence-electron chi connectivity index (χ3n) is 7.05. The van der Waals surface area contributed by atoms with E-state index in [4.69, 9.17) is 5.11 Å². The number of carbonyl (C=O) groups excluding carboxylic acids is 2. The molecule has 42 heavy (non-hydrogen) atoms. The lowest BCUT2D eigenvalue weighted by molar-refractivity contribution is -0.137. The zero-order valence-electron chi connectivity index (χ0n) is 24.3. The number of hydrogen-bond acceptors (Lipinski definition) is 6. The van der Waals surface area contributed by atoms with E-state index in [9.17, 15) is 14.4 Å². The van der Waals surface area contributed by atoms with Crippen LogP contribution in [0.15, 0.2) is 71.2 Å². The smallest absolute Gasteiger partial charge is 0.303 e. The fraction of sp³-hybridized carbons (Fsp3) is 0.281. The van der Waals surface area contributed by atoms with Crippen molar-refractivity contribution in [3.05, 3.63) is 87.9 Å². The Morgan fingerprint density at radius 1 is 0.952 bits per heavy atom. The van der Waals surface area contributed by atoms with E-state index >= 15 is 0 Å². The van der Waals surface area contributed by atoms with Crippen LogP contribution in [0.5, 0.6) is 0 Å². The maximum Gasteiger partial charge on any atom is 0.303 e. The summed E-state index contributed by atoms with van der Waals surface area (Å²) in [5.41, 5.74) is 5.67. The van der Waals surface area contributed by atoms with Crippen molar-refractivity contribution in [1.82, 2.24) is 9.80 Å². The summed E-state index contributed by atoms with van der Waals surface area (Å²) in [5.74, 6) is -1.11. The van der Waals surface area contributed by atoms with Crippen LogP contribution >= 0.6 is 15.9 Å². The van der Waals surface area contributed by atoms with Crippen LogP contribution in [0, 0.1) is 0 Å². The molecule has 3 aromatic carbocycles. The first-order chi connectivity index (χ1) is 20.0. The molecule has 0 radical (unpaired) electrons. The Morgan fingerprint density at radius 2 is 1.69 bits per heavy atom. The molecule has 0 unspecified atom stereocenters. The molecule has 0 saturated heterocycles. The number of benzene rings is 3. The molecule has 0 atom stereocenters. The summed E-state index contributed by atoms with van der Waals surface area (Å²) in [6.45, 7) is 1.97. The number of anilines is 3. The first-order valence-corrected chi connectivity index (χ1v) is 14.4. The van der Waals surface area contributed by atoms with Gasteiger partial charge in [0.1, 0.15) is 0 Å². The van der Waals surface area contributed by atoms with Crippen molar-refractivity contribution in [2.75, 3.05) is 63.4 Å². The number of nitrogens with one attached hydrogen (secondary N) is 2. The summed E-state index contributed by atoms with van der Waals surface area (Å²) in [5, 5.41) is 15.6. The fourth-order valence-electron chi connectivity index (χ4n) is 4.65. The number of carbonyl (C=O) groups is 3. The van der Waals surface area contributed by atoms with Crippen LogP contribution in [0.3, 0.4) is 0 Å². The average Bonchev–Trinajstić information content (AvgIpc) is 3.28. The maximum atomic E-state index is 13.3. The molecule has 1 aliphatic rings. The van der Waals surface area contributed by atoms with Gasteiger partial charge in [-0.1, -0.05) is 40.2 Å². The topological polar surface area (TPSA) is 105 Å². The molecule has 9 nitrogen and oxygen atoms in total. The third-order valence-corrected chi connectivity index (χ3v) is 7.54. The highest BCUT2D eigenvalue weighted by molar-refractivity contribution is 9.10. The first kappa shape index (κ1) is 31.0. The summed E-state index contributed by atoms with van der Waals surface area (Å²) < 4.78 is 0.853. The van der Waals surface area contributed by atoms with Crippen LogP contribution in [-0.4, -0.2) is 80.5 Å². The number of amides is 2. The predicted octanol–water partition coefficient (Wildman–Crippen LogP) is 4.86. The zero-order chi connectivity index (χ0) is 30.4. The molecule has 3 aromatic rings. The van der Waals surface area contributed by atoms with E-state index in [2.05, 4.69) is 31.5 Å². The van der Waals surface area contributed by atoms with E-state index < -0.39 is 5.97 Å². The number of likely N-dealkylation sites (N-methyl/N-ethyl adjacent to an activating group) is 3. The van der Waals surface area contributed by atoms with Gasteiger partial charge < -0.3 is 25.5 Å². The molecule has 1 heterocycles.